The fraction of sp³-hybridized carbons (Fsp3) is 0.667. The molecule has 1 fully saturated rings. The van der Waals surface area contributed by atoms with E-state index in [-0.39, 0.29) is 0 Å². The predicted molar refractivity (Wildman–Crippen MR) is 85.4 cm³/mol. The number of rotatable bonds is 7. The van der Waals surface area contributed by atoms with Crippen LogP contribution in [0.5, 0.6) is 5.75 Å². The Bertz CT molecular complexity index is 396. The van der Waals surface area contributed by atoms with E-state index in [0.29, 0.717) is 12.0 Å². The van der Waals surface area contributed by atoms with Crippen molar-refractivity contribution >= 4 is 0 Å². The molecule has 1 aliphatic carbocycles. The van der Waals surface area contributed by atoms with Crippen LogP contribution in [0.25, 0.3) is 0 Å². The molecule has 0 heterocycles. The summed E-state index contributed by atoms with van der Waals surface area (Å²) in [6.45, 7) is 8.45. The Morgan fingerprint density at radius 1 is 1.20 bits per heavy atom. The van der Waals surface area contributed by atoms with Crippen molar-refractivity contribution in [1.29, 1.82) is 0 Å². The number of para-hydroxylation sites is 1. The summed E-state index contributed by atoms with van der Waals surface area (Å²) in [4.78, 5) is 0. The molecular formula is C18H29NO. The molecule has 0 saturated heterocycles. The lowest BCUT2D eigenvalue weighted by molar-refractivity contribution is 0.217. The minimum Gasteiger partial charge on any atom is -0.492 e. The molecule has 1 saturated carbocycles. The van der Waals surface area contributed by atoms with Crippen molar-refractivity contribution in [3.05, 3.63) is 29.8 Å². The van der Waals surface area contributed by atoms with Gasteiger partial charge in [-0.1, -0.05) is 51.8 Å². The Balaban J connectivity index is 1.98. The first-order valence-electron chi connectivity index (χ1n) is 8.17. The average molecular weight is 275 g/mol. The van der Waals surface area contributed by atoms with E-state index in [1.54, 1.807) is 0 Å². The van der Waals surface area contributed by atoms with Crippen LogP contribution in [0.1, 0.15) is 57.9 Å². The highest BCUT2D eigenvalue weighted by atomic mass is 16.5. The number of hydrogen-bond acceptors (Lipinski definition) is 2. The first kappa shape index (κ1) is 15.4. The van der Waals surface area contributed by atoms with Crippen molar-refractivity contribution in [3.63, 3.8) is 0 Å². The predicted octanol–water partition coefficient (Wildman–Crippen LogP) is 4.36. The summed E-state index contributed by atoms with van der Waals surface area (Å²) < 4.78 is 6.16. The zero-order valence-electron chi connectivity index (χ0n) is 13.2. The Morgan fingerprint density at radius 3 is 2.55 bits per heavy atom. The molecule has 1 unspecified atom stereocenters. The Labute approximate surface area is 123 Å². The first-order valence-corrected chi connectivity index (χ1v) is 8.17. The Morgan fingerprint density at radius 2 is 1.90 bits per heavy atom. The highest BCUT2D eigenvalue weighted by molar-refractivity contribution is 5.35. The summed E-state index contributed by atoms with van der Waals surface area (Å²) in [5.74, 6) is 2.36. The van der Waals surface area contributed by atoms with E-state index in [4.69, 9.17) is 4.74 Å². The minimum atomic E-state index is 0.503. The fourth-order valence-electron chi connectivity index (χ4n) is 3.25. The zero-order valence-corrected chi connectivity index (χ0v) is 13.2. The molecule has 1 aromatic carbocycles. The molecule has 0 aromatic heterocycles. The second kappa shape index (κ2) is 7.68. The van der Waals surface area contributed by atoms with Crippen LogP contribution in [0.3, 0.4) is 0 Å². The van der Waals surface area contributed by atoms with Crippen molar-refractivity contribution in [2.45, 2.75) is 58.4 Å². The summed E-state index contributed by atoms with van der Waals surface area (Å²) in [6.07, 6.45) is 5.48. The lowest BCUT2D eigenvalue weighted by atomic mass is 9.98. The molecule has 112 valence electrons. The molecule has 1 N–H and O–H groups in total. The molecule has 20 heavy (non-hydrogen) atoms. The number of likely N-dealkylation sites (N-methyl/N-ethyl adjacent to an activating group) is 1. The van der Waals surface area contributed by atoms with E-state index < -0.39 is 0 Å². The van der Waals surface area contributed by atoms with Gasteiger partial charge < -0.3 is 10.1 Å². The van der Waals surface area contributed by atoms with E-state index in [2.05, 4.69) is 50.4 Å². The first-order chi connectivity index (χ1) is 9.72. The maximum atomic E-state index is 6.16. The second-order valence-electron chi connectivity index (χ2n) is 6.21. The van der Waals surface area contributed by atoms with Crippen LogP contribution in [0.4, 0.5) is 0 Å². The minimum absolute atomic E-state index is 0.503. The quantitative estimate of drug-likeness (QED) is 0.798. The van der Waals surface area contributed by atoms with Gasteiger partial charge in [0, 0.05) is 6.04 Å². The molecule has 2 heteroatoms. The monoisotopic (exact) mass is 275 g/mol. The third-order valence-electron chi connectivity index (χ3n) is 4.39. The van der Waals surface area contributed by atoms with E-state index in [0.717, 1.165) is 24.8 Å². The summed E-state index contributed by atoms with van der Waals surface area (Å²) in [6, 6.07) is 8.95. The summed E-state index contributed by atoms with van der Waals surface area (Å²) in [7, 11) is 0. The number of ether oxygens (including phenoxy) is 1. The lowest BCUT2D eigenvalue weighted by Gasteiger charge is -2.25. The third-order valence-corrected chi connectivity index (χ3v) is 4.39. The van der Waals surface area contributed by atoms with E-state index in [9.17, 15) is 0 Å². The van der Waals surface area contributed by atoms with Gasteiger partial charge >= 0.3 is 0 Å². The maximum absolute atomic E-state index is 6.16. The van der Waals surface area contributed by atoms with Gasteiger partial charge in [0.1, 0.15) is 12.4 Å². The summed E-state index contributed by atoms with van der Waals surface area (Å²) >= 11 is 0. The van der Waals surface area contributed by atoms with Gasteiger partial charge in [0.2, 0.25) is 0 Å². The maximum Gasteiger partial charge on any atom is 0.122 e. The standard InChI is InChI=1S/C18H29NO/c1-4-19-17(15-9-5-6-10-15)13-20-18-12-8-7-11-16(18)14(2)3/h7-8,11-12,14-15,17,19H,4-6,9-10,13H2,1-3H3. The van der Waals surface area contributed by atoms with Crippen LogP contribution < -0.4 is 10.1 Å². The van der Waals surface area contributed by atoms with Gasteiger partial charge in [-0.25, -0.2) is 0 Å². The second-order valence-corrected chi connectivity index (χ2v) is 6.21. The molecule has 2 nitrogen and oxygen atoms in total. The molecular weight excluding hydrogens is 246 g/mol. The van der Waals surface area contributed by atoms with E-state index >= 15 is 0 Å². The molecule has 1 aromatic rings. The van der Waals surface area contributed by atoms with Gasteiger partial charge in [-0.2, -0.15) is 0 Å². The van der Waals surface area contributed by atoms with Crippen molar-refractivity contribution in [2.24, 2.45) is 5.92 Å². The molecule has 0 bridgehead atoms. The Kier molecular flexibility index (Phi) is 5.90. The number of nitrogens with one attached hydrogen (secondary N) is 1. The third kappa shape index (κ3) is 3.99. The van der Waals surface area contributed by atoms with Crippen LogP contribution in [0.2, 0.25) is 0 Å². The largest absolute Gasteiger partial charge is 0.492 e. The van der Waals surface area contributed by atoms with Gasteiger partial charge in [0.05, 0.1) is 0 Å². The van der Waals surface area contributed by atoms with Gasteiger partial charge in [0.15, 0.2) is 0 Å². The van der Waals surface area contributed by atoms with Crippen LogP contribution in [-0.2, 0) is 0 Å². The highest BCUT2D eigenvalue weighted by Crippen LogP contribution is 2.30. The summed E-state index contributed by atoms with van der Waals surface area (Å²) in [5, 5.41) is 3.62. The number of hydrogen-bond donors (Lipinski definition) is 1. The van der Waals surface area contributed by atoms with Gasteiger partial charge in [-0.15, -0.1) is 0 Å². The summed E-state index contributed by atoms with van der Waals surface area (Å²) in [5.41, 5.74) is 1.31. The fourth-order valence-corrected chi connectivity index (χ4v) is 3.25. The van der Waals surface area contributed by atoms with Crippen LogP contribution in [-0.4, -0.2) is 19.2 Å². The van der Waals surface area contributed by atoms with Gasteiger partial charge in [-0.3, -0.25) is 0 Å². The SMILES string of the molecule is CCNC(COc1ccccc1C(C)C)C1CCCC1. The van der Waals surface area contributed by atoms with Crippen molar-refractivity contribution in [1.82, 2.24) is 5.32 Å². The zero-order chi connectivity index (χ0) is 14.4. The Hall–Kier alpha value is -1.02. The van der Waals surface area contributed by atoms with Crippen LogP contribution in [0, 0.1) is 5.92 Å². The molecule has 0 radical (unpaired) electrons. The van der Waals surface area contributed by atoms with Crippen molar-refractivity contribution in [2.75, 3.05) is 13.2 Å². The van der Waals surface area contributed by atoms with Crippen molar-refractivity contribution in [3.8, 4) is 5.75 Å². The smallest absolute Gasteiger partial charge is 0.122 e. The normalized spacial score (nSPS) is 17.6. The molecule has 0 spiro atoms. The average Bonchev–Trinajstić information content (AvgIpc) is 2.97. The van der Waals surface area contributed by atoms with Crippen LogP contribution >= 0.6 is 0 Å². The van der Waals surface area contributed by atoms with Crippen molar-refractivity contribution < 1.29 is 4.74 Å². The molecule has 1 atom stereocenters. The van der Waals surface area contributed by atoms with Gasteiger partial charge in [-0.05, 0) is 42.9 Å². The highest BCUT2D eigenvalue weighted by Gasteiger charge is 2.25. The molecule has 0 amide bonds. The number of benzene rings is 1. The van der Waals surface area contributed by atoms with Crippen LogP contribution in [0.15, 0.2) is 24.3 Å². The molecule has 2 rings (SSSR count). The van der Waals surface area contributed by atoms with E-state index in [1.807, 2.05) is 0 Å². The molecule has 1 aliphatic rings. The lowest BCUT2D eigenvalue weighted by Crippen LogP contribution is -2.40. The molecule has 0 aliphatic heterocycles. The van der Waals surface area contributed by atoms with E-state index in [1.165, 1.54) is 31.2 Å². The van der Waals surface area contributed by atoms with Gasteiger partial charge in [0.25, 0.3) is 0 Å². The topological polar surface area (TPSA) is 21.3 Å².